The van der Waals surface area contributed by atoms with Gasteiger partial charge in [0, 0.05) is 12.1 Å². The van der Waals surface area contributed by atoms with Crippen molar-refractivity contribution in [2.75, 3.05) is 26.2 Å². The molecule has 2 saturated heterocycles. The largest absolute Gasteiger partial charge is 0.481 e. The van der Waals surface area contributed by atoms with Crippen molar-refractivity contribution in [2.45, 2.75) is 31.7 Å². The number of nitrogens with zero attached hydrogens (tertiary/aromatic N) is 1. The maximum Gasteiger partial charge on any atom is 0.305 e. The van der Waals surface area contributed by atoms with Crippen LogP contribution in [-0.4, -0.2) is 47.7 Å². The molecule has 3 atom stereocenters. The number of piperidine rings is 1. The number of hydrogen-bond acceptors (Lipinski definition) is 3. The number of fused-ring (bicyclic) bond motifs is 2. The Morgan fingerprint density at radius 2 is 2.40 bits per heavy atom. The summed E-state index contributed by atoms with van der Waals surface area (Å²) in [5.41, 5.74) is -0.131. The normalized spacial score (nSPS) is 39.3. The minimum atomic E-state index is -0.670. The standard InChI is InChI=1S/C11H20N2O2/c1-2-12-11(7-10(14)15)4-6-13-5-3-9(11)8-13/h9,12H,2-8H2,1H3,(H,14,15). The maximum absolute atomic E-state index is 11.0. The van der Waals surface area contributed by atoms with Crippen LogP contribution in [-0.2, 0) is 4.79 Å². The molecule has 2 aliphatic rings. The Kier molecular flexibility index (Phi) is 2.98. The Balaban J connectivity index is 2.13. The molecule has 0 aromatic carbocycles. The third-order valence-electron chi connectivity index (χ3n) is 3.92. The molecule has 2 bridgehead atoms. The summed E-state index contributed by atoms with van der Waals surface area (Å²) >= 11 is 0. The Bertz CT molecular complexity index is 257. The lowest BCUT2D eigenvalue weighted by Crippen LogP contribution is -2.57. The molecule has 2 aliphatic heterocycles. The predicted molar refractivity (Wildman–Crippen MR) is 57.8 cm³/mol. The maximum atomic E-state index is 11.0. The zero-order valence-corrected chi connectivity index (χ0v) is 9.33. The Morgan fingerprint density at radius 3 is 3.07 bits per heavy atom. The molecule has 0 aliphatic carbocycles. The van der Waals surface area contributed by atoms with Crippen molar-refractivity contribution < 1.29 is 9.90 Å². The van der Waals surface area contributed by atoms with E-state index in [1.54, 1.807) is 0 Å². The van der Waals surface area contributed by atoms with Crippen LogP contribution >= 0.6 is 0 Å². The molecule has 0 radical (unpaired) electrons. The first kappa shape index (κ1) is 10.9. The van der Waals surface area contributed by atoms with E-state index in [-0.39, 0.29) is 12.0 Å². The van der Waals surface area contributed by atoms with Crippen molar-refractivity contribution in [3.8, 4) is 0 Å². The highest BCUT2D eigenvalue weighted by atomic mass is 16.4. The molecule has 4 nitrogen and oxygen atoms in total. The van der Waals surface area contributed by atoms with Crippen LogP contribution in [0, 0.1) is 5.92 Å². The van der Waals surface area contributed by atoms with Crippen molar-refractivity contribution in [3.05, 3.63) is 0 Å². The number of carboxylic acids is 1. The molecule has 2 N–H and O–H groups in total. The molecule has 0 saturated carbocycles. The third-order valence-corrected chi connectivity index (χ3v) is 3.92. The molecule has 3 unspecified atom stereocenters. The van der Waals surface area contributed by atoms with Crippen LogP contribution in [0.5, 0.6) is 0 Å². The van der Waals surface area contributed by atoms with Gasteiger partial charge in [0.05, 0.1) is 6.42 Å². The van der Waals surface area contributed by atoms with E-state index in [1.165, 1.54) is 0 Å². The molecule has 0 aromatic heterocycles. The number of carboxylic acid groups (broad SMARTS) is 1. The summed E-state index contributed by atoms with van der Waals surface area (Å²) in [6, 6.07) is 0. The first-order valence-electron chi connectivity index (χ1n) is 5.85. The van der Waals surface area contributed by atoms with Gasteiger partial charge in [-0.15, -0.1) is 0 Å². The van der Waals surface area contributed by atoms with Gasteiger partial charge in [0.2, 0.25) is 0 Å². The summed E-state index contributed by atoms with van der Waals surface area (Å²) in [7, 11) is 0. The van der Waals surface area contributed by atoms with Gasteiger partial charge in [0.1, 0.15) is 0 Å². The van der Waals surface area contributed by atoms with E-state index < -0.39 is 5.97 Å². The molecular formula is C11H20N2O2. The zero-order valence-electron chi connectivity index (χ0n) is 9.33. The van der Waals surface area contributed by atoms with Crippen LogP contribution in [0.1, 0.15) is 26.2 Å². The van der Waals surface area contributed by atoms with E-state index in [1.807, 2.05) is 0 Å². The van der Waals surface area contributed by atoms with Gasteiger partial charge in [-0.25, -0.2) is 0 Å². The van der Waals surface area contributed by atoms with Gasteiger partial charge < -0.3 is 15.3 Å². The van der Waals surface area contributed by atoms with Crippen LogP contribution in [0.4, 0.5) is 0 Å². The lowest BCUT2D eigenvalue weighted by Gasteiger charge is -2.42. The first-order chi connectivity index (χ1) is 7.16. The molecular weight excluding hydrogens is 192 g/mol. The van der Waals surface area contributed by atoms with Crippen molar-refractivity contribution in [3.63, 3.8) is 0 Å². The molecule has 15 heavy (non-hydrogen) atoms. The molecule has 2 rings (SSSR count). The summed E-state index contributed by atoms with van der Waals surface area (Å²) in [6.07, 6.45) is 2.41. The average Bonchev–Trinajstić information content (AvgIpc) is 2.57. The summed E-state index contributed by atoms with van der Waals surface area (Å²) in [5, 5.41) is 12.5. The highest BCUT2D eigenvalue weighted by Gasteiger charge is 2.46. The number of hydrogen-bond donors (Lipinski definition) is 2. The SMILES string of the molecule is CCNC1(CC(=O)O)CCN2CCC1C2. The fraction of sp³-hybridized carbons (Fsp3) is 0.909. The monoisotopic (exact) mass is 212 g/mol. The molecule has 2 heterocycles. The molecule has 2 fully saturated rings. The molecule has 0 amide bonds. The van der Waals surface area contributed by atoms with Gasteiger partial charge in [-0.05, 0) is 38.4 Å². The highest BCUT2D eigenvalue weighted by molar-refractivity contribution is 5.68. The van der Waals surface area contributed by atoms with Gasteiger partial charge in [0.25, 0.3) is 0 Å². The van der Waals surface area contributed by atoms with E-state index in [0.717, 1.165) is 39.0 Å². The first-order valence-corrected chi connectivity index (χ1v) is 5.85. The second-order valence-corrected chi connectivity index (χ2v) is 4.79. The van der Waals surface area contributed by atoms with E-state index in [4.69, 9.17) is 5.11 Å². The molecule has 0 aromatic rings. The quantitative estimate of drug-likeness (QED) is 0.714. The van der Waals surface area contributed by atoms with Crippen molar-refractivity contribution in [1.82, 2.24) is 10.2 Å². The second kappa shape index (κ2) is 4.10. The van der Waals surface area contributed by atoms with Gasteiger partial charge in [0.15, 0.2) is 0 Å². The van der Waals surface area contributed by atoms with Gasteiger partial charge in [-0.1, -0.05) is 6.92 Å². The van der Waals surface area contributed by atoms with Crippen molar-refractivity contribution in [2.24, 2.45) is 5.92 Å². The minimum absolute atomic E-state index is 0.131. The van der Waals surface area contributed by atoms with E-state index in [0.29, 0.717) is 5.92 Å². The van der Waals surface area contributed by atoms with Crippen molar-refractivity contribution >= 4 is 5.97 Å². The number of carbonyl (C=O) groups is 1. The van der Waals surface area contributed by atoms with Crippen LogP contribution < -0.4 is 5.32 Å². The van der Waals surface area contributed by atoms with Crippen LogP contribution in [0.15, 0.2) is 0 Å². The van der Waals surface area contributed by atoms with Crippen LogP contribution in [0.2, 0.25) is 0 Å². The zero-order chi connectivity index (χ0) is 10.9. The second-order valence-electron chi connectivity index (χ2n) is 4.79. The minimum Gasteiger partial charge on any atom is -0.481 e. The van der Waals surface area contributed by atoms with Crippen LogP contribution in [0.25, 0.3) is 0 Å². The average molecular weight is 212 g/mol. The Labute approximate surface area is 90.6 Å². The molecule has 0 spiro atoms. The van der Waals surface area contributed by atoms with Crippen molar-refractivity contribution in [1.29, 1.82) is 0 Å². The number of aliphatic carboxylic acids is 1. The van der Waals surface area contributed by atoms with Gasteiger partial charge >= 0.3 is 5.97 Å². The highest BCUT2D eigenvalue weighted by Crippen LogP contribution is 2.37. The summed E-state index contributed by atoms with van der Waals surface area (Å²) in [5.74, 6) is -0.140. The van der Waals surface area contributed by atoms with Gasteiger partial charge in [-0.2, -0.15) is 0 Å². The van der Waals surface area contributed by atoms with E-state index >= 15 is 0 Å². The predicted octanol–water partition coefficient (Wildman–Crippen LogP) is 0.535. The van der Waals surface area contributed by atoms with Crippen LogP contribution in [0.3, 0.4) is 0 Å². The lowest BCUT2D eigenvalue weighted by atomic mass is 9.76. The lowest BCUT2D eigenvalue weighted by molar-refractivity contribution is -0.139. The molecule has 86 valence electrons. The Hall–Kier alpha value is -0.610. The fourth-order valence-electron chi connectivity index (χ4n) is 3.20. The Morgan fingerprint density at radius 1 is 1.60 bits per heavy atom. The van der Waals surface area contributed by atoms with Gasteiger partial charge in [-0.3, -0.25) is 4.79 Å². The molecule has 4 heteroatoms. The topological polar surface area (TPSA) is 52.6 Å². The summed E-state index contributed by atoms with van der Waals surface area (Å²) in [6.45, 7) is 6.21. The summed E-state index contributed by atoms with van der Waals surface area (Å²) < 4.78 is 0. The van der Waals surface area contributed by atoms with E-state index in [9.17, 15) is 4.79 Å². The summed E-state index contributed by atoms with van der Waals surface area (Å²) in [4.78, 5) is 13.4. The fourth-order valence-corrected chi connectivity index (χ4v) is 3.20. The number of nitrogens with one attached hydrogen (secondary N) is 1. The van der Waals surface area contributed by atoms with E-state index in [2.05, 4.69) is 17.1 Å². The third kappa shape index (κ3) is 2.01. The smallest absolute Gasteiger partial charge is 0.305 e. The number of rotatable bonds is 4.